The number of hydrogen-bond donors (Lipinski definition) is 2. The van der Waals surface area contributed by atoms with Crippen molar-refractivity contribution in [3.8, 4) is 0 Å². The van der Waals surface area contributed by atoms with Crippen molar-refractivity contribution in [1.82, 2.24) is 5.32 Å². The molecule has 0 aliphatic heterocycles. The zero-order valence-corrected chi connectivity index (χ0v) is 10.2. The first-order valence-corrected chi connectivity index (χ1v) is 5.60. The first kappa shape index (κ1) is 12.7. The van der Waals surface area contributed by atoms with E-state index in [4.69, 9.17) is 5.11 Å². The predicted molar refractivity (Wildman–Crippen MR) is 63.1 cm³/mol. The maximum atomic E-state index is 11.4. The van der Waals surface area contributed by atoms with Crippen molar-refractivity contribution in [2.24, 2.45) is 0 Å². The lowest BCUT2D eigenvalue weighted by atomic mass is 10.1. The Bertz CT molecular complexity index is 393. The Balaban J connectivity index is 2.37. The van der Waals surface area contributed by atoms with Gasteiger partial charge in [-0.1, -0.05) is 28.1 Å². The van der Waals surface area contributed by atoms with Crippen molar-refractivity contribution in [3.05, 3.63) is 34.3 Å². The van der Waals surface area contributed by atoms with Crippen LogP contribution >= 0.6 is 15.9 Å². The summed E-state index contributed by atoms with van der Waals surface area (Å²) in [7, 11) is 0. The highest BCUT2D eigenvalue weighted by Gasteiger charge is 2.04. The van der Waals surface area contributed by atoms with Crippen LogP contribution in [0.1, 0.15) is 12.0 Å². The molecule has 1 aromatic carbocycles. The molecule has 16 heavy (non-hydrogen) atoms. The van der Waals surface area contributed by atoms with Crippen LogP contribution in [0.2, 0.25) is 0 Å². The van der Waals surface area contributed by atoms with Crippen LogP contribution in [0.3, 0.4) is 0 Å². The molecule has 5 heteroatoms. The highest BCUT2D eigenvalue weighted by Crippen LogP contribution is 2.11. The van der Waals surface area contributed by atoms with E-state index in [-0.39, 0.29) is 25.3 Å². The lowest BCUT2D eigenvalue weighted by Crippen LogP contribution is -2.27. The van der Waals surface area contributed by atoms with E-state index in [0.29, 0.717) is 0 Å². The molecule has 0 saturated carbocycles. The average molecular weight is 286 g/mol. The molecule has 2 N–H and O–H groups in total. The summed E-state index contributed by atoms with van der Waals surface area (Å²) >= 11 is 3.31. The molecule has 1 aromatic rings. The van der Waals surface area contributed by atoms with E-state index < -0.39 is 5.97 Å². The molecule has 86 valence electrons. The number of nitrogens with one attached hydrogen (secondary N) is 1. The molecular weight excluding hydrogens is 274 g/mol. The average Bonchev–Trinajstić information content (AvgIpc) is 2.16. The fourth-order valence-corrected chi connectivity index (χ4v) is 1.65. The van der Waals surface area contributed by atoms with Crippen LogP contribution in [-0.4, -0.2) is 23.5 Å². The fourth-order valence-electron chi connectivity index (χ4n) is 1.20. The van der Waals surface area contributed by atoms with Gasteiger partial charge in [-0.05, 0) is 17.7 Å². The number of halogens is 1. The molecule has 0 heterocycles. The minimum absolute atomic E-state index is 0.0514. The second kappa shape index (κ2) is 6.27. The van der Waals surface area contributed by atoms with Crippen molar-refractivity contribution >= 4 is 27.8 Å². The van der Waals surface area contributed by atoms with Gasteiger partial charge in [0.05, 0.1) is 12.8 Å². The zero-order chi connectivity index (χ0) is 12.0. The number of carboxylic acids is 1. The molecule has 0 aliphatic carbocycles. The smallest absolute Gasteiger partial charge is 0.305 e. The van der Waals surface area contributed by atoms with E-state index in [1.54, 1.807) is 0 Å². The predicted octanol–water partition coefficient (Wildman–Crippen LogP) is 1.58. The fraction of sp³-hybridized carbons (Fsp3) is 0.273. The standard InChI is InChI=1S/C11H12BrNO3/c12-9-3-1-2-8(6-9)7-10(14)13-5-4-11(15)16/h1-3,6H,4-5,7H2,(H,13,14)(H,15,16). The summed E-state index contributed by atoms with van der Waals surface area (Å²) in [6.45, 7) is 0.169. The van der Waals surface area contributed by atoms with Gasteiger partial charge in [0.1, 0.15) is 0 Å². The third-order valence-corrected chi connectivity index (χ3v) is 2.41. The summed E-state index contributed by atoms with van der Waals surface area (Å²) in [6.07, 6.45) is 0.212. The number of rotatable bonds is 5. The summed E-state index contributed by atoms with van der Waals surface area (Å²) in [4.78, 5) is 21.6. The quantitative estimate of drug-likeness (QED) is 0.863. The maximum absolute atomic E-state index is 11.4. The van der Waals surface area contributed by atoms with Crippen LogP contribution in [0.25, 0.3) is 0 Å². The number of aliphatic carboxylic acids is 1. The maximum Gasteiger partial charge on any atom is 0.305 e. The highest BCUT2D eigenvalue weighted by atomic mass is 79.9. The first-order valence-electron chi connectivity index (χ1n) is 4.81. The summed E-state index contributed by atoms with van der Waals surface area (Å²) in [5.74, 6) is -1.08. The third kappa shape index (κ3) is 4.93. The van der Waals surface area contributed by atoms with Gasteiger partial charge in [-0.2, -0.15) is 0 Å². The third-order valence-electron chi connectivity index (χ3n) is 1.91. The number of carbonyl (C=O) groups excluding carboxylic acids is 1. The normalized spacial score (nSPS) is 9.81. The van der Waals surface area contributed by atoms with Crippen molar-refractivity contribution < 1.29 is 14.7 Å². The van der Waals surface area contributed by atoms with Crippen LogP contribution in [0.5, 0.6) is 0 Å². The Morgan fingerprint density at radius 3 is 2.75 bits per heavy atom. The number of benzene rings is 1. The zero-order valence-electron chi connectivity index (χ0n) is 8.57. The van der Waals surface area contributed by atoms with Gasteiger partial charge in [0.2, 0.25) is 5.91 Å². The Labute approximate surface area is 102 Å². The van der Waals surface area contributed by atoms with E-state index in [9.17, 15) is 9.59 Å². The highest BCUT2D eigenvalue weighted by molar-refractivity contribution is 9.10. The molecular formula is C11H12BrNO3. The van der Waals surface area contributed by atoms with E-state index >= 15 is 0 Å². The molecule has 0 atom stereocenters. The van der Waals surface area contributed by atoms with Gasteiger partial charge in [0.25, 0.3) is 0 Å². The lowest BCUT2D eigenvalue weighted by molar-refractivity contribution is -0.136. The second-order valence-corrected chi connectivity index (χ2v) is 4.22. The summed E-state index contributed by atoms with van der Waals surface area (Å²) in [5, 5.41) is 10.9. The van der Waals surface area contributed by atoms with Gasteiger partial charge in [0.15, 0.2) is 0 Å². The van der Waals surface area contributed by atoms with E-state index in [1.807, 2.05) is 24.3 Å². The van der Waals surface area contributed by atoms with Gasteiger partial charge < -0.3 is 10.4 Å². The van der Waals surface area contributed by atoms with Crippen LogP contribution in [0.4, 0.5) is 0 Å². The summed E-state index contributed by atoms with van der Waals surface area (Å²) in [6, 6.07) is 7.44. The largest absolute Gasteiger partial charge is 0.481 e. The van der Waals surface area contributed by atoms with Crippen LogP contribution in [-0.2, 0) is 16.0 Å². The number of carbonyl (C=O) groups is 2. The molecule has 0 radical (unpaired) electrons. The Kier molecular flexibility index (Phi) is 4.98. The summed E-state index contributed by atoms with van der Waals surface area (Å²) < 4.78 is 0.920. The monoisotopic (exact) mass is 285 g/mol. The summed E-state index contributed by atoms with van der Waals surface area (Å²) in [5.41, 5.74) is 0.891. The Morgan fingerprint density at radius 1 is 1.38 bits per heavy atom. The number of carboxylic acid groups (broad SMARTS) is 1. The van der Waals surface area contributed by atoms with Gasteiger partial charge in [-0.15, -0.1) is 0 Å². The molecule has 0 unspecified atom stereocenters. The van der Waals surface area contributed by atoms with Crippen molar-refractivity contribution in [2.45, 2.75) is 12.8 Å². The molecule has 0 spiro atoms. The SMILES string of the molecule is O=C(O)CCNC(=O)Cc1cccc(Br)c1. The topological polar surface area (TPSA) is 66.4 Å². The minimum Gasteiger partial charge on any atom is -0.481 e. The van der Waals surface area contributed by atoms with Gasteiger partial charge in [-0.25, -0.2) is 0 Å². The van der Waals surface area contributed by atoms with Crippen molar-refractivity contribution in [2.75, 3.05) is 6.54 Å². The Hall–Kier alpha value is -1.36. The molecule has 0 aromatic heterocycles. The second-order valence-electron chi connectivity index (χ2n) is 3.30. The van der Waals surface area contributed by atoms with Gasteiger partial charge in [0, 0.05) is 11.0 Å². The van der Waals surface area contributed by atoms with Crippen LogP contribution < -0.4 is 5.32 Å². The van der Waals surface area contributed by atoms with Crippen molar-refractivity contribution in [3.63, 3.8) is 0 Å². The van der Waals surface area contributed by atoms with Gasteiger partial charge in [-0.3, -0.25) is 9.59 Å². The first-order chi connectivity index (χ1) is 7.58. The van der Waals surface area contributed by atoms with E-state index in [2.05, 4.69) is 21.2 Å². The minimum atomic E-state index is -0.914. The molecule has 0 fully saturated rings. The number of hydrogen-bond acceptors (Lipinski definition) is 2. The molecule has 0 saturated heterocycles. The Morgan fingerprint density at radius 2 is 2.12 bits per heavy atom. The van der Waals surface area contributed by atoms with E-state index in [1.165, 1.54) is 0 Å². The molecule has 1 rings (SSSR count). The number of amides is 1. The molecule has 0 bridgehead atoms. The van der Waals surface area contributed by atoms with Crippen LogP contribution in [0.15, 0.2) is 28.7 Å². The molecule has 0 aliphatic rings. The van der Waals surface area contributed by atoms with E-state index in [0.717, 1.165) is 10.0 Å². The van der Waals surface area contributed by atoms with Gasteiger partial charge >= 0.3 is 5.97 Å². The van der Waals surface area contributed by atoms with Crippen molar-refractivity contribution in [1.29, 1.82) is 0 Å². The lowest BCUT2D eigenvalue weighted by Gasteiger charge is -2.03. The van der Waals surface area contributed by atoms with Crippen LogP contribution in [0, 0.1) is 0 Å². The molecule has 4 nitrogen and oxygen atoms in total. The molecule has 1 amide bonds.